The third-order valence-corrected chi connectivity index (χ3v) is 4.08. The van der Waals surface area contributed by atoms with Gasteiger partial charge in [-0.1, -0.05) is 0 Å². The highest BCUT2D eigenvalue weighted by atomic mass is 32.2. The molecule has 0 spiro atoms. The summed E-state index contributed by atoms with van der Waals surface area (Å²) in [5.74, 6) is 0. The highest BCUT2D eigenvalue weighted by Crippen LogP contribution is 2.29. The molecule has 2 aromatic rings. The van der Waals surface area contributed by atoms with E-state index in [1.54, 1.807) is 38.1 Å². The molecule has 0 aliphatic rings. The van der Waals surface area contributed by atoms with Crippen LogP contribution in [0.3, 0.4) is 0 Å². The molecule has 0 saturated heterocycles. The average molecular weight is 357 g/mol. The van der Waals surface area contributed by atoms with E-state index in [2.05, 4.69) is 10.4 Å². The molecule has 0 saturated carbocycles. The summed E-state index contributed by atoms with van der Waals surface area (Å²) < 4.78 is 39.4. The number of anilines is 1. The topological polar surface area (TPSA) is 81.9 Å². The van der Waals surface area contributed by atoms with Gasteiger partial charge in [-0.15, -0.1) is 0 Å². The predicted octanol–water partition coefficient (Wildman–Crippen LogP) is 3.41. The summed E-state index contributed by atoms with van der Waals surface area (Å²) in [5, 5.41) is 12.3. The lowest BCUT2D eigenvalue weighted by Gasteiger charge is -2.11. The lowest BCUT2D eigenvalue weighted by atomic mass is 10.2. The molecule has 1 aromatic carbocycles. The molecule has 0 fully saturated rings. The summed E-state index contributed by atoms with van der Waals surface area (Å²) in [6.45, 7) is 3.81. The number of nitrogens with one attached hydrogen (secondary N) is 1. The molecule has 24 heavy (non-hydrogen) atoms. The summed E-state index contributed by atoms with van der Waals surface area (Å²) in [7, 11) is 0. The monoisotopic (exact) mass is 357 g/mol. The number of hydrogen-bond donors (Lipinski definition) is 3. The van der Waals surface area contributed by atoms with E-state index in [1.807, 2.05) is 0 Å². The zero-order chi connectivity index (χ0) is 17.9. The van der Waals surface area contributed by atoms with Crippen molar-refractivity contribution in [1.29, 1.82) is 0 Å². The predicted molar refractivity (Wildman–Crippen MR) is 90.5 cm³/mol. The fourth-order valence-electron chi connectivity index (χ4n) is 2.05. The first-order chi connectivity index (χ1) is 11.2. The average Bonchev–Trinajstić information content (AvgIpc) is 2.90. The number of rotatable bonds is 5. The van der Waals surface area contributed by atoms with Gasteiger partial charge in [0.05, 0.1) is 5.69 Å². The number of allylic oxidation sites excluding steroid dienone is 1. The molecule has 0 unspecified atom stereocenters. The Labute approximate surface area is 142 Å². The Bertz CT molecular complexity index is 731. The Kier molecular flexibility index (Phi) is 5.45. The Morgan fingerprint density at radius 2 is 1.92 bits per heavy atom. The number of aryl methyl sites for hydroxylation is 1. The van der Waals surface area contributed by atoms with E-state index >= 15 is 0 Å². The molecule has 0 aliphatic heterocycles. The molecule has 5 N–H and O–H groups in total. The highest BCUT2D eigenvalue weighted by molar-refractivity contribution is 8.01. The van der Waals surface area contributed by atoms with Crippen LogP contribution < -0.4 is 16.2 Å². The van der Waals surface area contributed by atoms with Crippen LogP contribution in [0.25, 0.3) is 5.69 Å². The van der Waals surface area contributed by atoms with Gasteiger partial charge in [0.2, 0.25) is 0 Å². The van der Waals surface area contributed by atoms with Crippen LogP contribution in [0.15, 0.2) is 40.9 Å². The van der Waals surface area contributed by atoms with Gasteiger partial charge in [-0.05, 0) is 56.1 Å². The van der Waals surface area contributed by atoms with Gasteiger partial charge in [0.25, 0.3) is 0 Å². The summed E-state index contributed by atoms with van der Waals surface area (Å²) in [6, 6.07) is 7.92. The van der Waals surface area contributed by atoms with Crippen LogP contribution in [-0.4, -0.2) is 16.3 Å². The smallest absolute Gasteiger partial charge is 0.402 e. The Morgan fingerprint density at radius 3 is 2.38 bits per heavy atom. The molecule has 1 aromatic heterocycles. The van der Waals surface area contributed by atoms with Crippen molar-refractivity contribution in [3.63, 3.8) is 0 Å². The van der Waals surface area contributed by atoms with Crippen molar-refractivity contribution < 1.29 is 13.2 Å². The van der Waals surface area contributed by atoms with Crippen LogP contribution in [-0.2, 0) is 6.18 Å². The maximum Gasteiger partial charge on any atom is 0.435 e. The fraction of sp³-hybridized carbons (Fsp3) is 0.267. The van der Waals surface area contributed by atoms with Gasteiger partial charge in [0.1, 0.15) is 0 Å². The number of hydrogen-bond acceptors (Lipinski definition) is 5. The van der Waals surface area contributed by atoms with Crippen LogP contribution in [0.2, 0.25) is 0 Å². The summed E-state index contributed by atoms with van der Waals surface area (Å²) in [6.07, 6.45) is -4.46. The van der Waals surface area contributed by atoms with Crippen molar-refractivity contribution in [2.75, 3.05) is 11.9 Å². The van der Waals surface area contributed by atoms with Crippen molar-refractivity contribution in [3.05, 3.63) is 52.3 Å². The second-order valence-corrected chi connectivity index (χ2v) is 5.93. The minimum Gasteiger partial charge on any atom is -0.402 e. The zero-order valence-electron chi connectivity index (χ0n) is 13.2. The molecule has 2 rings (SSSR count). The largest absolute Gasteiger partial charge is 0.435 e. The molecular formula is C15H18F3N5S. The first kappa shape index (κ1) is 18.2. The second kappa shape index (κ2) is 7.18. The summed E-state index contributed by atoms with van der Waals surface area (Å²) >= 11 is 1.08. The van der Waals surface area contributed by atoms with Crippen LogP contribution in [0.4, 0.5) is 18.9 Å². The minimum absolute atomic E-state index is 0.409. The number of halogens is 3. The molecular weight excluding hydrogens is 339 g/mol. The Balaban J connectivity index is 2.15. The maximum absolute atomic E-state index is 12.7. The van der Waals surface area contributed by atoms with E-state index in [-0.39, 0.29) is 0 Å². The first-order valence-corrected chi connectivity index (χ1v) is 7.90. The SMILES string of the molecule is C/C(N)=C(\CNc1ccc(-n2nc(C(F)(F)F)cc2C)cc1)SN. The number of benzene rings is 1. The Hall–Kier alpha value is -2.13. The fourth-order valence-corrected chi connectivity index (χ4v) is 2.39. The molecule has 5 nitrogen and oxygen atoms in total. The van der Waals surface area contributed by atoms with Crippen molar-refractivity contribution in [2.45, 2.75) is 20.0 Å². The van der Waals surface area contributed by atoms with Gasteiger partial charge in [0.15, 0.2) is 5.69 Å². The highest BCUT2D eigenvalue weighted by Gasteiger charge is 2.34. The third-order valence-electron chi connectivity index (χ3n) is 3.32. The molecule has 0 atom stereocenters. The first-order valence-electron chi connectivity index (χ1n) is 7.02. The molecule has 0 bridgehead atoms. The van der Waals surface area contributed by atoms with Gasteiger partial charge in [-0.25, -0.2) is 4.68 Å². The van der Waals surface area contributed by atoms with Crippen molar-refractivity contribution in [1.82, 2.24) is 9.78 Å². The normalized spacial score (nSPS) is 12.9. The van der Waals surface area contributed by atoms with Crippen molar-refractivity contribution in [2.24, 2.45) is 10.9 Å². The molecule has 0 radical (unpaired) electrons. The quantitative estimate of drug-likeness (QED) is 0.715. The van der Waals surface area contributed by atoms with Gasteiger partial charge in [0, 0.05) is 28.5 Å². The van der Waals surface area contributed by atoms with Gasteiger partial charge >= 0.3 is 6.18 Å². The number of nitrogens with two attached hydrogens (primary N) is 2. The van der Waals surface area contributed by atoms with Crippen LogP contribution in [0, 0.1) is 6.92 Å². The van der Waals surface area contributed by atoms with Gasteiger partial charge < -0.3 is 11.1 Å². The molecule has 9 heteroatoms. The number of nitrogens with zero attached hydrogens (tertiary/aromatic N) is 2. The maximum atomic E-state index is 12.7. The summed E-state index contributed by atoms with van der Waals surface area (Å²) in [4.78, 5) is 0.816. The standard InChI is InChI=1S/C15H18F3N5S/c1-9-7-14(15(16,17)18)22-23(9)12-5-3-11(4-6-12)21-8-13(24-20)10(2)19/h3-7,21H,8,19-20H2,1-2H3/b13-10-. The minimum atomic E-state index is -4.46. The molecule has 130 valence electrons. The van der Waals surface area contributed by atoms with Crippen molar-refractivity contribution in [3.8, 4) is 5.69 Å². The van der Waals surface area contributed by atoms with Crippen LogP contribution in [0.5, 0.6) is 0 Å². The van der Waals surface area contributed by atoms with Crippen LogP contribution >= 0.6 is 11.9 Å². The molecule has 0 aliphatic carbocycles. The van der Waals surface area contributed by atoms with E-state index in [0.717, 1.165) is 28.6 Å². The van der Waals surface area contributed by atoms with E-state index in [1.165, 1.54) is 4.68 Å². The van der Waals surface area contributed by atoms with Gasteiger partial charge in [-0.3, -0.25) is 5.14 Å². The number of alkyl halides is 3. The van der Waals surface area contributed by atoms with E-state index < -0.39 is 11.9 Å². The van der Waals surface area contributed by atoms with Crippen LogP contribution in [0.1, 0.15) is 18.3 Å². The van der Waals surface area contributed by atoms with Gasteiger partial charge in [-0.2, -0.15) is 18.3 Å². The molecule has 0 amide bonds. The lowest BCUT2D eigenvalue weighted by Crippen LogP contribution is -2.09. The van der Waals surface area contributed by atoms with Crippen molar-refractivity contribution >= 4 is 17.6 Å². The van der Waals surface area contributed by atoms with E-state index in [9.17, 15) is 13.2 Å². The lowest BCUT2D eigenvalue weighted by molar-refractivity contribution is -0.141. The van der Waals surface area contributed by atoms with E-state index in [0.29, 0.717) is 23.6 Å². The third kappa shape index (κ3) is 4.24. The zero-order valence-corrected chi connectivity index (χ0v) is 14.0. The van der Waals surface area contributed by atoms with E-state index in [4.69, 9.17) is 10.9 Å². The molecule has 1 heterocycles. The number of aromatic nitrogens is 2. The Morgan fingerprint density at radius 1 is 1.29 bits per heavy atom. The summed E-state index contributed by atoms with van der Waals surface area (Å²) in [5.41, 5.74) is 7.19. The second-order valence-electron chi connectivity index (χ2n) is 5.20.